The van der Waals surface area contributed by atoms with Crippen LogP contribution in [0.1, 0.15) is 22.7 Å². The van der Waals surface area contributed by atoms with Crippen molar-refractivity contribution < 1.29 is 17.9 Å². The molecule has 0 aliphatic rings. The van der Waals surface area contributed by atoms with Crippen LogP contribution in [0.4, 0.5) is 13.2 Å². The van der Waals surface area contributed by atoms with Crippen molar-refractivity contribution in [1.29, 1.82) is 0 Å². The van der Waals surface area contributed by atoms with E-state index in [1.807, 2.05) is 0 Å². The van der Waals surface area contributed by atoms with Crippen LogP contribution in [0.2, 0.25) is 0 Å². The highest BCUT2D eigenvalue weighted by molar-refractivity contribution is 5.38. The first-order chi connectivity index (χ1) is 9.99. The van der Waals surface area contributed by atoms with Gasteiger partial charge in [0.15, 0.2) is 23.2 Å². The van der Waals surface area contributed by atoms with E-state index in [0.717, 1.165) is 0 Å². The van der Waals surface area contributed by atoms with E-state index in [2.05, 4.69) is 5.43 Å². The Morgan fingerprint density at radius 3 is 2.38 bits per heavy atom. The molecule has 112 valence electrons. The van der Waals surface area contributed by atoms with E-state index in [-0.39, 0.29) is 16.9 Å². The van der Waals surface area contributed by atoms with Crippen LogP contribution in [0.25, 0.3) is 0 Å². The first kappa shape index (κ1) is 15.3. The number of nitrogens with one attached hydrogen (secondary N) is 1. The molecular weight excluding hydrogens is 281 g/mol. The summed E-state index contributed by atoms with van der Waals surface area (Å²) in [5.74, 6) is 2.93. The summed E-state index contributed by atoms with van der Waals surface area (Å²) in [7, 11) is 1.34. The Morgan fingerprint density at radius 2 is 1.81 bits per heavy atom. The maximum atomic E-state index is 14.0. The number of methoxy groups -OCH3 is 1. The Hall–Kier alpha value is -2.05. The molecule has 2 rings (SSSR count). The van der Waals surface area contributed by atoms with Gasteiger partial charge in [-0.05, 0) is 30.2 Å². The highest BCUT2D eigenvalue weighted by Crippen LogP contribution is 2.29. The van der Waals surface area contributed by atoms with Gasteiger partial charge in [-0.2, -0.15) is 0 Å². The Labute approximate surface area is 120 Å². The predicted molar refractivity (Wildman–Crippen MR) is 73.2 cm³/mol. The molecule has 0 aromatic heterocycles. The van der Waals surface area contributed by atoms with Crippen molar-refractivity contribution in [2.45, 2.75) is 13.0 Å². The molecule has 0 aliphatic carbocycles. The van der Waals surface area contributed by atoms with Crippen molar-refractivity contribution in [3.05, 3.63) is 64.5 Å². The zero-order chi connectivity index (χ0) is 15.6. The van der Waals surface area contributed by atoms with Gasteiger partial charge < -0.3 is 4.74 Å². The van der Waals surface area contributed by atoms with Gasteiger partial charge >= 0.3 is 0 Å². The molecule has 0 fully saturated rings. The van der Waals surface area contributed by atoms with Gasteiger partial charge in [0.25, 0.3) is 0 Å². The van der Waals surface area contributed by atoms with Crippen molar-refractivity contribution >= 4 is 0 Å². The van der Waals surface area contributed by atoms with E-state index in [1.54, 1.807) is 0 Å². The molecule has 0 heterocycles. The first-order valence-electron chi connectivity index (χ1n) is 6.23. The maximum absolute atomic E-state index is 14.0. The molecule has 0 amide bonds. The van der Waals surface area contributed by atoms with Gasteiger partial charge in [0.05, 0.1) is 13.2 Å². The van der Waals surface area contributed by atoms with Gasteiger partial charge in [-0.25, -0.2) is 18.6 Å². The number of hydrazine groups is 1. The average molecular weight is 296 g/mol. The minimum Gasteiger partial charge on any atom is -0.494 e. The lowest BCUT2D eigenvalue weighted by atomic mass is 9.97. The zero-order valence-corrected chi connectivity index (χ0v) is 11.6. The summed E-state index contributed by atoms with van der Waals surface area (Å²) in [4.78, 5) is 0. The molecule has 0 bridgehead atoms. The number of halogens is 3. The molecule has 2 aromatic rings. The molecule has 0 saturated carbocycles. The van der Waals surface area contributed by atoms with Gasteiger partial charge in [-0.3, -0.25) is 5.84 Å². The van der Waals surface area contributed by atoms with Crippen LogP contribution < -0.4 is 16.0 Å². The Morgan fingerprint density at radius 1 is 1.10 bits per heavy atom. The van der Waals surface area contributed by atoms with Crippen molar-refractivity contribution in [2.75, 3.05) is 7.11 Å². The maximum Gasteiger partial charge on any atom is 0.165 e. The third kappa shape index (κ3) is 2.86. The van der Waals surface area contributed by atoms with Gasteiger partial charge in [-0.1, -0.05) is 18.2 Å². The lowest BCUT2D eigenvalue weighted by molar-refractivity contribution is 0.385. The molecular formula is C15H15F3N2O. The smallest absolute Gasteiger partial charge is 0.165 e. The summed E-state index contributed by atoms with van der Waals surface area (Å²) in [6.45, 7) is 1.46. The summed E-state index contributed by atoms with van der Waals surface area (Å²) in [6.07, 6.45) is 0. The second kappa shape index (κ2) is 6.15. The highest BCUT2D eigenvalue weighted by atomic mass is 19.2. The molecule has 1 atom stereocenters. The SMILES string of the molecule is COc1ccc(C(NN)c2ccc(C)c(F)c2F)cc1F. The van der Waals surface area contributed by atoms with Gasteiger partial charge in [0.1, 0.15) is 0 Å². The molecule has 0 aliphatic heterocycles. The lowest BCUT2D eigenvalue weighted by Gasteiger charge is -2.19. The van der Waals surface area contributed by atoms with Crippen LogP contribution in [-0.4, -0.2) is 7.11 Å². The number of aryl methyl sites for hydroxylation is 1. The highest BCUT2D eigenvalue weighted by Gasteiger charge is 2.21. The van der Waals surface area contributed by atoms with Crippen LogP contribution >= 0.6 is 0 Å². The Bertz CT molecular complexity index is 662. The molecule has 6 heteroatoms. The third-order valence-corrected chi connectivity index (χ3v) is 3.29. The number of rotatable bonds is 4. The molecule has 0 radical (unpaired) electrons. The van der Waals surface area contributed by atoms with Crippen LogP contribution in [0, 0.1) is 24.4 Å². The summed E-state index contributed by atoms with van der Waals surface area (Å²) >= 11 is 0. The van der Waals surface area contributed by atoms with Gasteiger partial charge in [0, 0.05) is 5.56 Å². The van der Waals surface area contributed by atoms with Crippen LogP contribution in [0.5, 0.6) is 5.75 Å². The number of nitrogens with two attached hydrogens (primary N) is 1. The van der Waals surface area contributed by atoms with Crippen LogP contribution in [0.15, 0.2) is 30.3 Å². The number of ether oxygens (including phenoxy) is 1. The largest absolute Gasteiger partial charge is 0.494 e. The van der Waals surface area contributed by atoms with E-state index >= 15 is 0 Å². The topological polar surface area (TPSA) is 47.3 Å². The van der Waals surface area contributed by atoms with Gasteiger partial charge in [-0.15, -0.1) is 0 Å². The second-order valence-electron chi connectivity index (χ2n) is 4.59. The molecule has 1 unspecified atom stereocenters. The summed E-state index contributed by atoms with van der Waals surface area (Å²) in [6, 6.07) is 6.08. The molecule has 0 spiro atoms. The fourth-order valence-electron chi connectivity index (χ4n) is 2.11. The first-order valence-corrected chi connectivity index (χ1v) is 6.23. The normalized spacial score (nSPS) is 12.3. The summed E-state index contributed by atoms with van der Waals surface area (Å²) in [5, 5.41) is 0. The van der Waals surface area contributed by atoms with E-state index in [0.29, 0.717) is 5.56 Å². The Balaban J connectivity index is 2.50. The molecule has 3 nitrogen and oxygen atoms in total. The van der Waals surface area contributed by atoms with Crippen molar-refractivity contribution in [2.24, 2.45) is 5.84 Å². The van der Waals surface area contributed by atoms with Crippen molar-refractivity contribution in [3.8, 4) is 5.75 Å². The van der Waals surface area contributed by atoms with Gasteiger partial charge in [0.2, 0.25) is 0 Å². The monoisotopic (exact) mass is 296 g/mol. The molecule has 3 N–H and O–H groups in total. The standard InChI is InChI=1S/C15H15F3N2O/c1-8-3-5-10(14(18)13(8)17)15(20-19)9-4-6-12(21-2)11(16)7-9/h3-7,15,20H,19H2,1-2H3. The van der Waals surface area contributed by atoms with Crippen LogP contribution in [0.3, 0.4) is 0 Å². The Kier molecular flexibility index (Phi) is 4.50. The van der Waals surface area contributed by atoms with Crippen LogP contribution in [-0.2, 0) is 0 Å². The van der Waals surface area contributed by atoms with E-state index in [4.69, 9.17) is 10.6 Å². The number of hydrogen-bond acceptors (Lipinski definition) is 3. The molecule has 21 heavy (non-hydrogen) atoms. The molecule has 2 aromatic carbocycles. The van der Waals surface area contributed by atoms with E-state index in [1.165, 1.54) is 44.4 Å². The average Bonchev–Trinajstić information content (AvgIpc) is 2.48. The zero-order valence-electron chi connectivity index (χ0n) is 11.6. The molecule has 0 saturated heterocycles. The fourth-order valence-corrected chi connectivity index (χ4v) is 2.11. The van der Waals surface area contributed by atoms with Crippen molar-refractivity contribution in [1.82, 2.24) is 5.43 Å². The summed E-state index contributed by atoms with van der Waals surface area (Å²) in [5.41, 5.74) is 2.92. The van der Waals surface area contributed by atoms with E-state index < -0.39 is 23.5 Å². The fraction of sp³-hybridized carbons (Fsp3) is 0.200. The minimum atomic E-state index is -1.01. The van der Waals surface area contributed by atoms with E-state index in [9.17, 15) is 13.2 Å². The number of benzene rings is 2. The summed E-state index contributed by atoms with van der Waals surface area (Å²) < 4.78 is 46.3. The lowest BCUT2D eigenvalue weighted by Crippen LogP contribution is -2.30. The quantitative estimate of drug-likeness (QED) is 0.673. The predicted octanol–water partition coefficient (Wildman–Crippen LogP) is 2.97. The third-order valence-electron chi connectivity index (χ3n) is 3.29. The second-order valence-corrected chi connectivity index (χ2v) is 4.59. The number of hydrogen-bond donors (Lipinski definition) is 2. The minimum absolute atomic E-state index is 0.00478. The van der Waals surface area contributed by atoms with Crippen molar-refractivity contribution in [3.63, 3.8) is 0 Å².